The van der Waals surface area contributed by atoms with Crippen molar-refractivity contribution in [2.24, 2.45) is 0 Å². The van der Waals surface area contributed by atoms with Crippen LogP contribution in [0.25, 0.3) is 10.8 Å². The van der Waals surface area contributed by atoms with E-state index in [1.807, 2.05) is 5.20 Å². The molecule has 6 heteroatoms. The van der Waals surface area contributed by atoms with Crippen LogP contribution in [-0.2, 0) is 24.7 Å². The van der Waals surface area contributed by atoms with Gasteiger partial charge in [0.05, 0.1) is 0 Å². The van der Waals surface area contributed by atoms with Crippen LogP contribution in [0.5, 0.6) is 5.75 Å². The van der Waals surface area contributed by atoms with Gasteiger partial charge in [-0.3, -0.25) is 0 Å². The summed E-state index contributed by atoms with van der Waals surface area (Å²) in [6, 6.07) is 5.99. The van der Waals surface area contributed by atoms with Crippen molar-refractivity contribution in [1.82, 2.24) is 0 Å². The third-order valence-electron chi connectivity index (χ3n) is 5.62. The first-order valence-corrected chi connectivity index (χ1v) is 16.5. The number of halogens is 2. The van der Waals surface area contributed by atoms with Crippen LogP contribution in [0, 0.1) is 0 Å². The van der Waals surface area contributed by atoms with Gasteiger partial charge in [-0.15, -0.1) is 0 Å². The minimum atomic E-state index is -1.63. The van der Waals surface area contributed by atoms with Crippen molar-refractivity contribution in [3.8, 4) is 5.75 Å². The zero-order valence-corrected chi connectivity index (χ0v) is 22.0. The average Bonchev–Trinajstić information content (AvgIpc) is 2.84. The molecule has 2 unspecified atom stereocenters. The molecule has 0 spiro atoms. The molecule has 0 aromatic heterocycles. The summed E-state index contributed by atoms with van der Waals surface area (Å²) in [5.41, 5.74) is 6.06. The quantitative estimate of drug-likeness (QED) is 0.522. The number of allylic oxidation sites excluding steroid dienone is 5. The van der Waals surface area contributed by atoms with Crippen LogP contribution >= 0.6 is 0 Å². The maximum Gasteiger partial charge on any atom is -1.00 e. The minimum Gasteiger partial charge on any atom is -1.00 e. The molecule has 0 saturated carbocycles. The van der Waals surface area contributed by atoms with Gasteiger partial charge in [0.1, 0.15) is 0 Å². The van der Waals surface area contributed by atoms with Gasteiger partial charge in [-0.25, -0.2) is 0 Å². The van der Waals surface area contributed by atoms with E-state index in [1.54, 1.807) is 41.0 Å². The molecular formula is C20H25Cl2OSi2Zr. The molecule has 1 aromatic carbocycles. The Morgan fingerprint density at radius 1 is 1.19 bits per heavy atom. The van der Waals surface area contributed by atoms with Gasteiger partial charge in [-0.2, -0.15) is 0 Å². The summed E-state index contributed by atoms with van der Waals surface area (Å²) in [4.78, 5) is 0. The Labute approximate surface area is 187 Å². The molecular weight excluding hydrogens is 475 g/mol. The van der Waals surface area contributed by atoms with E-state index in [2.05, 4.69) is 63.5 Å². The van der Waals surface area contributed by atoms with Gasteiger partial charge in [0.2, 0.25) is 0 Å². The van der Waals surface area contributed by atoms with Gasteiger partial charge in [-0.05, 0) is 0 Å². The van der Waals surface area contributed by atoms with Crippen molar-refractivity contribution in [3.63, 3.8) is 0 Å². The van der Waals surface area contributed by atoms with Gasteiger partial charge in [0.15, 0.2) is 0 Å². The SMILES string of the molecule is CC[Si]1(C)C2=C1[CH]([Zr+2])c1ccc(O[Si](C)(C)C)c(C3=CC=CC3)c12.[Cl-].[Cl-]. The van der Waals surface area contributed by atoms with Crippen LogP contribution < -0.4 is 29.2 Å². The molecule has 1 heterocycles. The molecule has 2 aliphatic carbocycles. The predicted octanol–water partition coefficient (Wildman–Crippen LogP) is -0.203. The topological polar surface area (TPSA) is 9.23 Å². The van der Waals surface area contributed by atoms with E-state index in [0.29, 0.717) is 3.63 Å². The van der Waals surface area contributed by atoms with E-state index in [4.69, 9.17) is 4.43 Å². The molecule has 1 aromatic rings. The molecule has 1 aliphatic heterocycles. The average molecular weight is 500 g/mol. The zero-order chi connectivity index (χ0) is 17.3. The minimum absolute atomic E-state index is 0. The number of hydrogen-bond acceptors (Lipinski definition) is 1. The molecule has 4 rings (SSSR count). The number of benzene rings is 1. The van der Waals surface area contributed by atoms with Gasteiger partial charge in [0.25, 0.3) is 0 Å². The van der Waals surface area contributed by atoms with E-state index in [-0.39, 0.29) is 24.8 Å². The second kappa shape index (κ2) is 7.52. The van der Waals surface area contributed by atoms with Gasteiger partial charge in [-0.1, -0.05) is 0 Å². The van der Waals surface area contributed by atoms with Crippen molar-refractivity contribution >= 4 is 27.2 Å². The molecule has 26 heavy (non-hydrogen) atoms. The number of rotatable bonds is 4. The molecule has 3 aliphatic rings. The number of fused-ring (bicyclic) bond motifs is 2. The predicted molar refractivity (Wildman–Crippen MR) is 104 cm³/mol. The standard InChI is InChI=1S/C20H25OSi2.2ClH.Zr/c1-6-23(5)17-13-15-11-12-16(21-22(2,3)4)18(19(15)20(17)23)14-9-7-8-10-14;;;/h7-9,11-13H,6,10H2,1-5H3;2*1H;/q;;;+2/p-2. The Hall–Kier alpha value is 0.137. The number of hydrogen-bond donors (Lipinski definition) is 0. The van der Waals surface area contributed by atoms with E-state index in [9.17, 15) is 0 Å². The van der Waals surface area contributed by atoms with E-state index >= 15 is 0 Å². The summed E-state index contributed by atoms with van der Waals surface area (Å²) in [6.45, 7) is 11.8. The summed E-state index contributed by atoms with van der Waals surface area (Å²) < 4.78 is 7.26. The Kier molecular flexibility index (Phi) is 6.48. The van der Waals surface area contributed by atoms with E-state index < -0.39 is 16.4 Å². The van der Waals surface area contributed by atoms with E-state index in [0.717, 1.165) is 12.2 Å². The summed E-state index contributed by atoms with van der Waals surface area (Å²) >= 11 is 1.66. The Balaban J connectivity index is 0.00000121. The second-order valence-corrected chi connectivity index (χ2v) is 18.6. The van der Waals surface area contributed by atoms with Crippen LogP contribution in [-0.4, -0.2) is 16.4 Å². The van der Waals surface area contributed by atoms with Crippen molar-refractivity contribution in [2.45, 2.75) is 49.2 Å². The normalized spacial score (nSPS) is 25.2. The van der Waals surface area contributed by atoms with Gasteiger partial charge < -0.3 is 24.8 Å². The van der Waals surface area contributed by atoms with Gasteiger partial charge in [0, 0.05) is 0 Å². The smallest absolute Gasteiger partial charge is 1.00 e. The molecule has 0 saturated heterocycles. The Morgan fingerprint density at radius 2 is 1.88 bits per heavy atom. The molecule has 137 valence electrons. The first-order valence-electron chi connectivity index (χ1n) is 8.96. The maximum absolute atomic E-state index is 6.54. The Morgan fingerprint density at radius 3 is 2.42 bits per heavy atom. The van der Waals surface area contributed by atoms with Crippen LogP contribution in [0.4, 0.5) is 0 Å². The summed E-state index contributed by atoms with van der Waals surface area (Å²) in [5, 5.41) is 3.64. The van der Waals surface area contributed by atoms with Crippen molar-refractivity contribution in [2.75, 3.05) is 0 Å². The second-order valence-electron chi connectivity index (χ2n) is 8.35. The maximum atomic E-state index is 6.54. The first kappa shape index (κ1) is 22.4. The molecule has 0 N–H and O–H groups in total. The van der Waals surface area contributed by atoms with Crippen LogP contribution in [0.1, 0.15) is 33.7 Å². The molecule has 0 bridgehead atoms. The largest absolute Gasteiger partial charge is 1.00 e. The Bertz CT molecular complexity index is 839. The monoisotopic (exact) mass is 497 g/mol. The fourth-order valence-electron chi connectivity index (χ4n) is 4.31. The molecule has 0 amide bonds. The third kappa shape index (κ3) is 3.35. The van der Waals surface area contributed by atoms with Crippen LogP contribution in [0.3, 0.4) is 0 Å². The molecule has 0 radical (unpaired) electrons. The summed E-state index contributed by atoms with van der Waals surface area (Å²) in [5.74, 6) is 1.14. The molecule has 0 fully saturated rings. The van der Waals surface area contributed by atoms with E-state index in [1.165, 1.54) is 17.2 Å². The van der Waals surface area contributed by atoms with Crippen molar-refractivity contribution in [3.05, 3.63) is 52.2 Å². The van der Waals surface area contributed by atoms with Crippen LogP contribution in [0.15, 0.2) is 35.6 Å². The van der Waals surface area contributed by atoms with Crippen molar-refractivity contribution in [1.29, 1.82) is 0 Å². The fraction of sp³-hybridized carbons (Fsp3) is 0.400. The first-order chi connectivity index (χ1) is 11.3. The fourth-order valence-corrected chi connectivity index (χ4v) is 12.9. The van der Waals surface area contributed by atoms with Crippen LogP contribution in [0.2, 0.25) is 32.2 Å². The summed E-state index contributed by atoms with van der Waals surface area (Å²) in [6.07, 6.45) is 7.83. The third-order valence-corrected chi connectivity index (χ3v) is 13.1. The zero-order valence-electron chi connectivity index (χ0n) is 16.0. The molecule has 2 atom stereocenters. The van der Waals surface area contributed by atoms with Crippen molar-refractivity contribution < 1.29 is 54.0 Å². The summed E-state index contributed by atoms with van der Waals surface area (Å²) in [7, 11) is -2.87. The van der Waals surface area contributed by atoms with Gasteiger partial charge >= 0.3 is 164 Å². The molecule has 1 nitrogen and oxygen atoms in total.